The Morgan fingerprint density at radius 2 is 1.74 bits per heavy atom. The number of amides is 1. The predicted octanol–water partition coefficient (Wildman–Crippen LogP) is 3.73. The van der Waals surface area contributed by atoms with Crippen molar-refractivity contribution >= 4 is 11.9 Å². The lowest BCUT2D eigenvalue weighted by Crippen LogP contribution is -2.51. The van der Waals surface area contributed by atoms with Gasteiger partial charge in [-0.2, -0.15) is 0 Å². The van der Waals surface area contributed by atoms with Crippen LogP contribution in [0.3, 0.4) is 0 Å². The van der Waals surface area contributed by atoms with E-state index in [1.54, 1.807) is 0 Å². The van der Waals surface area contributed by atoms with E-state index in [9.17, 15) is 9.59 Å². The summed E-state index contributed by atoms with van der Waals surface area (Å²) in [4.78, 5) is 26.8. The summed E-state index contributed by atoms with van der Waals surface area (Å²) in [6.45, 7) is 6.09. The van der Waals surface area contributed by atoms with Crippen molar-refractivity contribution in [3.63, 3.8) is 0 Å². The van der Waals surface area contributed by atoms with Crippen molar-refractivity contribution in [1.82, 2.24) is 5.32 Å². The summed E-state index contributed by atoms with van der Waals surface area (Å²) < 4.78 is 5.28. The predicted molar refractivity (Wildman–Crippen MR) is 85.8 cm³/mol. The van der Waals surface area contributed by atoms with E-state index in [-0.39, 0.29) is 29.3 Å². The van der Waals surface area contributed by atoms with Crippen LogP contribution < -0.4 is 5.32 Å². The summed E-state index contributed by atoms with van der Waals surface area (Å²) in [5, 5.41) is 6.31. The average molecular weight is 322 g/mol. The van der Waals surface area contributed by atoms with Crippen LogP contribution in [0, 0.1) is 10.8 Å². The number of fused-ring (bicyclic) bond motifs is 3. The molecule has 0 aromatic rings. The SMILES string of the molecule is CC(C)(C)OC(=O)NCC12CCC(C(=O)CN=[N+]=[N-])(CC1)CC2. The van der Waals surface area contributed by atoms with Crippen LogP contribution in [0.2, 0.25) is 0 Å². The van der Waals surface area contributed by atoms with Gasteiger partial charge in [0.05, 0.1) is 6.54 Å². The lowest BCUT2D eigenvalue weighted by Gasteiger charge is -2.52. The summed E-state index contributed by atoms with van der Waals surface area (Å²) in [5.74, 6) is 0.0729. The number of hydrogen-bond acceptors (Lipinski definition) is 4. The van der Waals surface area contributed by atoms with Crippen molar-refractivity contribution in [3.8, 4) is 0 Å². The van der Waals surface area contributed by atoms with E-state index >= 15 is 0 Å². The molecule has 0 aromatic heterocycles. The molecule has 128 valence electrons. The Kier molecular flexibility index (Phi) is 4.90. The molecule has 0 radical (unpaired) electrons. The second-order valence-electron chi connectivity index (χ2n) is 7.95. The zero-order chi connectivity index (χ0) is 17.1. The molecule has 0 aromatic carbocycles. The van der Waals surface area contributed by atoms with Crippen molar-refractivity contribution in [2.75, 3.05) is 13.1 Å². The van der Waals surface area contributed by atoms with Gasteiger partial charge in [0, 0.05) is 16.9 Å². The van der Waals surface area contributed by atoms with Gasteiger partial charge in [-0.15, -0.1) is 0 Å². The number of nitrogens with one attached hydrogen (secondary N) is 1. The fourth-order valence-electron chi connectivity index (χ4n) is 3.78. The molecule has 1 N–H and O–H groups in total. The number of rotatable bonds is 5. The second kappa shape index (κ2) is 6.40. The van der Waals surface area contributed by atoms with E-state index in [0.717, 1.165) is 38.5 Å². The van der Waals surface area contributed by atoms with Gasteiger partial charge in [0.15, 0.2) is 0 Å². The second-order valence-corrected chi connectivity index (χ2v) is 7.95. The van der Waals surface area contributed by atoms with E-state index in [1.165, 1.54) is 0 Å². The zero-order valence-corrected chi connectivity index (χ0v) is 14.2. The summed E-state index contributed by atoms with van der Waals surface area (Å²) in [6, 6.07) is 0. The fourth-order valence-corrected chi connectivity index (χ4v) is 3.78. The molecule has 3 rings (SSSR count). The Balaban J connectivity index is 1.88. The Morgan fingerprint density at radius 1 is 1.17 bits per heavy atom. The van der Waals surface area contributed by atoms with Gasteiger partial charge in [-0.05, 0) is 70.2 Å². The summed E-state index contributed by atoms with van der Waals surface area (Å²) in [7, 11) is 0. The number of ketones is 1. The van der Waals surface area contributed by atoms with Gasteiger partial charge in [0.2, 0.25) is 0 Å². The van der Waals surface area contributed by atoms with Gasteiger partial charge in [-0.3, -0.25) is 4.79 Å². The van der Waals surface area contributed by atoms with Crippen molar-refractivity contribution in [3.05, 3.63) is 10.4 Å². The van der Waals surface area contributed by atoms with Crippen molar-refractivity contribution < 1.29 is 14.3 Å². The Bertz CT molecular complexity index is 507. The van der Waals surface area contributed by atoms with Gasteiger partial charge in [-0.25, -0.2) is 4.79 Å². The Labute approximate surface area is 136 Å². The maximum absolute atomic E-state index is 12.3. The van der Waals surface area contributed by atoms with Crippen LogP contribution in [0.15, 0.2) is 5.11 Å². The first-order valence-electron chi connectivity index (χ1n) is 8.21. The summed E-state index contributed by atoms with van der Waals surface area (Å²) in [6.07, 6.45) is 4.85. The third-order valence-corrected chi connectivity index (χ3v) is 5.28. The van der Waals surface area contributed by atoms with Gasteiger partial charge in [0.25, 0.3) is 0 Å². The molecule has 3 aliphatic carbocycles. The lowest BCUT2D eigenvalue weighted by molar-refractivity contribution is -0.136. The molecular weight excluding hydrogens is 296 g/mol. The number of hydrogen-bond donors (Lipinski definition) is 1. The van der Waals surface area contributed by atoms with Crippen LogP contribution in [-0.2, 0) is 9.53 Å². The number of alkyl carbamates (subject to hydrolysis) is 1. The smallest absolute Gasteiger partial charge is 0.407 e. The topological polar surface area (TPSA) is 104 Å². The molecule has 23 heavy (non-hydrogen) atoms. The van der Waals surface area contributed by atoms with Crippen LogP contribution >= 0.6 is 0 Å². The first kappa shape index (κ1) is 17.6. The quantitative estimate of drug-likeness (QED) is 0.473. The molecule has 2 bridgehead atoms. The normalized spacial score (nSPS) is 29.5. The van der Waals surface area contributed by atoms with Gasteiger partial charge >= 0.3 is 6.09 Å². The number of nitrogens with zero attached hydrogens (tertiary/aromatic N) is 3. The number of carbonyl (C=O) groups is 2. The monoisotopic (exact) mass is 322 g/mol. The van der Waals surface area contributed by atoms with Crippen molar-refractivity contribution in [2.24, 2.45) is 15.9 Å². The van der Waals surface area contributed by atoms with Gasteiger partial charge < -0.3 is 10.1 Å². The molecule has 0 saturated heterocycles. The van der Waals surface area contributed by atoms with Crippen LogP contribution in [0.25, 0.3) is 10.4 Å². The van der Waals surface area contributed by atoms with Crippen molar-refractivity contribution in [1.29, 1.82) is 0 Å². The first-order valence-corrected chi connectivity index (χ1v) is 8.21. The summed E-state index contributed by atoms with van der Waals surface area (Å²) >= 11 is 0. The zero-order valence-electron chi connectivity index (χ0n) is 14.2. The highest BCUT2D eigenvalue weighted by molar-refractivity contribution is 5.87. The third-order valence-electron chi connectivity index (χ3n) is 5.28. The third kappa shape index (κ3) is 4.16. The molecule has 3 aliphatic rings. The fraction of sp³-hybridized carbons (Fsp3) is 0.875. The first-order chi connectivity index (χ1) is 10.7. The molecule has 0 unspecified atom stereocenters. The average Bonchev–Trinajstić information content (AvgIpc) is 2.51. The van der Waals surface area contributed by atoms with Crippen LogP contribution in [0.1, 0.15) is 59.3 Å². The highest BCUT2D eigenvalue weighted by Crippen LogP contribution is 2.57. The molecule has 0 heterocycles. The molecule has 0 atom stereocenters. The lowest BCUT2D eigenvalue weighted by atomic mass is 9.52. The largest absolute Gasteiger partial charge is 0.444 e. The molecule has 0 spiro atoms. The Hall–Kier alpha value is -1.75. The van der Waals surface area contributed by atoms with E-state index < -0.39 is 5.60 Å². The Morgan fingerprint density at radius 3 is 2.22 bits per heavy atom. The maximum atomic E-state index is 12.3. The van der Waals surface area contributed by atoms with E-state index in [1.807, 2.05) is 20.8 Å². The molecule has 3 fully saturated rings. The van der Waals surface area contributed by atoms with E-state index in [4.69, 9.17) is 10.3 Å². The standard InChI is InChI=1S/C16H26N4O3/c1-14(2,3)23-13(22)18-11-15-4-7-16(8-5-15,9-6-15)12(21)10-19-20-17/h4-11H2,1-3H3,(H,18,22). The number of carbonyl (C=O) groups excluding carboxylic acids is 2. The molecule has 7 nitrogen and oxygen atoms in total. The van der Waals surface area contributed by atoms with Crippen LogP contribution in [0.5, 0.6) is 0 Å². The molecular formula is C16H26N4O3. The van der Waals surface area contributed by atoms with E-state index in [0.29, 0.717) is 6.54 Å². The maximum Gasteiger partial charge on any atom is 0.407 e. The minimum atomic E-state index is -0.496. The minimum Gasteiger partial charge on any atom is -0.444 e. The highest BCUT2D eigenvalue weighted by Gasteiger charge is 2.51. The number of Topliss-reactive ketones (excluding diaryl/α,β-unsaturated/α-hetero) is 1. The molecule has 3 saturated carbocycles. The van der Waals surface area contributed by atoms with Crippen LogP contribution in [-0.4, -0.2) is 30.6 Å². The van der Waals surface area contributed by atoms with E-state index in [2.05, 4.69) is 15.3 Å². The molecule has 0 aliphatic heterocycles. The van der Waals surface area contributed by atoms with Gasteiger partial charge in [-0.1, -0.05) is 5.11 Å². The molecule has 7 heteroatoms. The highest BCUT2D eigenvalue weighted by atomic mass is 16.6. The van der Waals surface area contributed by atoms with Crippen LogP contribution in [0.4, 0.5) is 4.79 Å². The van der Waals surface area contributed by atoms with Gasteiger partial charge in [0.1, 0.15) is 11.4 Å². The number of azide groups is 1. The van der Waals surface area contributed by atoms with Crippen molar-refractivity contribution in [2.45, 2.75) is 64.9 Å². The minimum absolute atomic E-state index is 0.0420. The number of ether oxygens (including phenoxy) is 1. The summed E-state index contributed by atoms with van der Waals surface area (Å²) in [5.41, 5.74) is 7.66. The molecule has 1 amide bonds.